The molecule has 0 saturated carbocycles. The molecular formula is C16H19NO5S. The SMILES string of the molecule is CC(=O)SCC(=O)N1CC(O)(Cc2ccccc2)C[C@H]1C(=O)O. The standard InChI is InChI=1S/C16H19NO5S/c1-11(18)23-9-14(19)17-10-16(22,8-13(17)15(20)21)7-12-5-3-2-4-6-12/h2-6,13,22H,7-10H2,1H3,(H,20,21)/t13-,16?/m0/s1. The van der Waals surface area contributed by atoms with Crippen molar-refractivity contribution in [3.8, 4) is 0 Å². The van der Waals surface area contributed by atoms with Gasteiger partial charge in [-0.1, -0.05) is 42.1 Å². The zero-order chi connectivity index (χ0) is 17.0. The minimum Gasteiger partial charge on any atom is -0.480 e. The Labute approximate surface area is 138 Å². The molecule has 1 heterocycles. The third-order valence-corrected chi connectivity index (χ3v) is 4.59. The number of aliphatic carboxylic acids is 1. The number of nitrogens with zero attached hydrogens (tertiary/aromatic N) is 1. The summed E-state index contributed by atoms with van der Waals surface area (Å²) < 4.78 is 0. The molecule has 1 unspecified atom stereocenters. The highest BCUT2D eigenvalue weighted by Crippen LogP contribution is 2.31. The smallest absolute Gasteiger partial charge is 0.326 e. The largest absolute Gasteiger partial charge is 0.480 e. The van der Waals surface area contributed by atoms with Gasteiger partial charge in [0, 0.05) is 19.8 Å². The highest BCUT2D eigenvalue weighted by atomic mass is 32.2. The van der Waals surface area contributed by atoms with Crippen molar-refractivity contribution < 1.29 is 24.6 Å². The lowest BCUT2D eigenvalue weighted by Gasteiger charge is -2.23. The van der Waals surface area contributed by atoms with Gasteiger partial charge in [0.15, 0.2) is 5.12 Å². The quantitative estimate of drug-likeness (QED) is 0.830. The lowest BCUT2D eigenvalue weighted by molar-refractivity contribution is -0.147. The normalized spacial score (nSPS) is 23.7. The molecule has 1 aromatic rings. The number of thioether (sulfide) groups is 1. The van der Waals surface area contributed by atoms with Gasteiger partial charge in [0.05, 0.1) is 17.9 Å². The monoisotopic (exact) mass is 337 g/mol. The Morgan fingerprint density at radius 2 is 1.96 bits per heavy atom. The lowest BCUT2D eigenvalue weighted by Crippen LogP contribution is -2.42. The first-order valence-electron chi connectivity index (χ1n) is 7.23. The van der Waals surface area contributed by atoms with Crippen molar-refractivity contribution in [3.05, 3.63) is 35.9 Å². The van der Waals surface area contributed by atoms with Gasteiger partial charge >= 0.3 is 5.97 Å². The molecule has 7 heteroatoms. The van der Waals surface area contributed by atoms with E-state index in [-0.39, 0.29) is 30.3 Å². The first-order valence-corrected chi connectivity index (χ1v) is 8.21. The van der Waals surface area contributed by atoms with E-state index < -0.39 is 23.5 Å². The summed E-state index contributed by atoms with van der Waals surface area (Å²) in [7, 11) is 0. The van der Waals surface area contributed by atoms with Crippen LogP contribution in [0.4, 0.5) is 0 Å². The molecule has 2 N–H and O–H groups in total. The van der Waals surface area contributed by atoms with E-state index in [0.29, 0.717) is 0 Å². The fourth-order valence-corrected chi connectivity index (χ4v) is 3.29. The van der Waals surface area contributed by atoms with Crippen LogP contribution in [0.3, 0.4) is 0 Å². The van der Waals surface area contributed by atoms with E-state index in [9.17, 15) is 24.6 Å². The number of carbonyl (C=O) groups excluding carboxylic acids is 2. The van der Waals surface area contributed by atoms with Gasteiger partial charge in [-0.15, -0.1) is 0 Å². The third kappa shape index (κ3) is 4.56. The highest BCUT2D eigenvalue weighted by molar-refractivity contribution is 8.14. The molecule has 2 atom stereocenters. The number of carboxylic acid groups (broad SMARTS) is 1. The van der Waals surface area contributed by atoms with Gasteiger partial charge in [-0.3, -0.25) is 9.59 Å². The van der Waals surface area contributed by atoms with Crippen molar-refractivity contribution in [2.24, 2.45) is 0 Å². The molecule has 1 fully saturated rings. The molecule has 0 aliphatic carbocycles. The predicted octanol–water partition coefficient (Wildman–Crippen LogP) is 0.925. The van der Waals surface area contributed by atoms with E-state index in [1.54, 1.807) is 0 Å². The summed E-state index contributed by atoms with van der Waals surface area (Å²) in [6, 6.07) is 8.18. The summed E-state index contributed by atoms with van der Waals surface area (Å²) in [6.07, 6.45) is 0.259. The number of benzene rings is 1. The van der Waals surface area contributed by atoms with Crippen molar-refractivity contribution in [2.75, 3.05) is 12.3 Å². The molecule has 1 aromatic carbocycles. The Morgan fingerprint density at radius 3 is 2.52 bits per heavy atom. The molecule has 124 valence electrons. The van der Waals surface area contributed by atoms with Crippen LogP contribution in [0.25, 0.3) is 0 Å². The van der Waals surface area contributed by atoms with Gasteiger partial charge in [0.25, 0.3) is 0 Å². The van der Waals surface area contributed by atoms with Crippen LogP contribution in [0.5, 0.6) is 0 Å². The van der Waals surface area contributed by atoms with Gasteiger partial charge < -0.3 is 15.1 Å². The fraction of sp³-hybridized carbons (Fsp3) is 0.438. The molecule has 1 amide bonds. The fourth-order valence-electron chi connectivity index (χ4n) is 2.79. The Bertz CT molecular complexity index is 606. The minimum atomic E-state index is -1.28. The Morgan fingerprint density at radius 1 is 1.30 bits per heavy atom. The van der Waals surface area contributed by atoms with Crippen LogP contribution in [-0.4, -0.2) is 56.0 Å². The number of hydrogen-bond acceptors (Lipinski definition) is 5. The van der Waals surface area contributed by atoms with Gasteiger partial charge in [-0.05, 0) is 5.56 Å². The van der Waals surface area contributed by atoms with E-state index >= 15 is 0 Å². The van der Waals surface area contributed by atoms with Crippen LogP contribution in [0.15, 0.2) is 30.3 Å². The summed E-state index contributed by atoms with van der Waals surface area (Å²) in [4.78, 5) is 35.7. The highest BCUT2D eigenvalue weighted by Gasteiger charge is 2.47. The summed E-state index contributed by atoms with van der Waals surface area (Å²) in [6.45, 7) is 1.30. The molecule has 1 aliphatic rings. The maximum Gasteiger partial charge on any atom is 0.326 e. The average molecular weight is 337 g/mol. The van der Waals surface area contributed by atoms with Gasteiger partial charge in [0.1, 0.15) is 6.04 Å². The molecule has 2 rings (SSSR count). The van der Waals surface area contributed by atoms with Crippen LogP contribution in [0.1, 0.15) is 18.9 Å². The van der Waals surface area contributed by atoms with Crippen molar-refractivity contribution in [1.29, 1.82) is 0 Å². The maximum absolute atomic E-state index is 12.2. The van der Waals surface area contributed by atoms with Gasteiger partial charge in [0.2, 0.25) is 5.91 Å². The first-order chi connectivity index (χ1) is 10.8. The van der Waals surface area contributed by atoms with E-state index in [4.69, 9.17) is 0 Å². The first kappa shape index (κ1) is 17.5. The van der Waals surface area contributed by atoms with Crippen molar-refractivity contribution >= 4 is 28.8 Å². The number of carboxylic acids is 1. The minimum absolute atomic E-state index is 0.0201. The molecular weight excluding hydrogens is 318 g/mol. The number of β-amino-alcohol motifs (C(OH)–C–C–N with tert-alkyl or cyclic N) is 1. The summed E-state index contributed by atoms with van der Waals surface area (Å²) in [5.74, 6) is -1.70. The van der Waals surface area contributed by atoms with Crippen LogP contribution in [0.2, 0.25) is 0 Å². The summed E-state index contributed by atoms with van der Waals surface area (Å²) >= 11 is 0.839. The second-order valence-corrected chi connectivity index (χ2v) is 6.90. The van der Waals surface area contributed by atoms with Gasteiger partial charge in [-0.2, -0.15) is 0 Å². The van der Waals surface area contributed by atoms with Crippen molar-refractivity contribution in [1.82, 2.24) is 4.90 Å². The van der Waals surface area contributed by atoms with Crippen LogP contribution >= 0.6 is 11.8 Å². The number of likely N-dealkylation sites (tertiary alicyclic amines) is 1. The topological polar surface area (TPSA) is 94.9 Å². The number of amides is 1. The number of aliphatic hydroxyl groups is 1. The van der Waals surface area contributed by atoms with Gasteiger partial charge in [-0.25, -0.2) is 4.79 Å². The zero-order valence-electron chi connectivity index (χ0n) is 12.8. The second-order valence-electron chi connectivity index (χ2n) is 5.75. The molecule has 0 bridgehead atoms. The third-order valence-electron chi connectivity index (χ3n) is 3.79. The molecule has 23 heavy (non-hydrogen) atoms. The van der Waals surface area contributed by atoms with Crippen LogP contribution < -0.4 is 0 Å². The van der Waals surface area contributed by atoms with Crippen LogP contribution in [-0.2, 0) is 20.8 Å². The predicted molar refractivity (Wildman–Crippen MR) is 86.0 cm³/mol. The number of hydrogen-bond donors (Lipinski definition) is 2. The lowest BCUT2D eigenvalue weighted by atomic mass is 9.92. The van der Waals surface area contributed by atoms with E-state index in [2.05, 4.69) is 0 Å². The molecule has 0 aromatic heterocycles. The number of rotatable bonds is 5. The summed E-state index contributed by atoms with van der Waals surface area (Å²) in [5, 5.41) is 19.9. The average Bonchev–Trinajstić information content (AvgIpc) is 2.84. The Hall–Kier alpha value is -1.86. The Kier molecular flexibility index (Phi) is 5.43. The van der Waals surface area contributed by atoms with Crippen molar-refractivity contribution in [2.45, 2.75) is 31.4 Å². The van der Waals surface area contributed by atoms with E-state index in [1.807, 2.05) is 30.3 Å². The number of carbonyl (C=O) groups is 3. The molecule has 0 radical (unpaired) electrons. The Balaban J connectivity index is 2.11. The maximum atomic E-state index is 12.2. The second kappa shape index (κ2) is 7.14. The molecule has 0 spiro atoms. The molecule has 1 saturated heterocycles. The zero-order valence-corrected chi connectivity index (χ0v) is 13.6. The molecule has 1 aliphatic heterocycles. The van der Waals surface area contributed by atoms with E-state index in [1.165, 1.54) is 11.8 Å². The summed E-state index contributed by atoms with van der Waals surface area (Å²) in [5.41, 5.74) is -0.396. The van der Waals surface area contributed by atoms with Crippen molar-refractivity contribution in [3.63, 3.8) is 0 Å². The molecule has 6 nitrogen and oxygen atoms in total. The van der Waals surface area contributed by atoms with E-state index in [0.717, 1.165) is 17.3 Å². The van der Waals surface area contributed by atoms with Crippen LogP contribution in [0, 0.1) is 0 Å².